The van der Waals surface area contributed by atoms with Crippen molar-refractivity contribution in [1.29, 1.82) is 0 Å². The number of amides is 1. The van der Waals surface area contributed by atoms with Crippen LogP contribution in [-0.4, -0.2) is 20.9 Å². The fraction of sp³-hybridized carbons (Fsp3) is 0. The van der Waals surface area contributed by atoms with Crippen LogP contribution in [0.5, 0.6) is 0 Å². The van der Waals surface area contributed by atoms with Crippen LogP contribution in [0.4, 0.5) is 5.69 Å². The quantitative estimate of drug-likeness (QED) is 0.751. The lowest BCUT2D eigenvalue weighted by Crippen LogP contribution is -2.07. The first-order valence-corrected chi connectivity index (χ1v) is 6.78. The number of nitrogens with one attached hydrogen (secondary N) is 1. The van der Waals surface area contributed by atoms with E-state index < -0.39 is 0 Å². The van der Waals surface area contributed by atoms with E-state index in [-0.39, 0.29) is 5.91 Å². The molecule has 1 amide bonds. The van der Waals surface area contributed by atoms with E-state index >= 15 is 0 Å². The van der Waals surface area contributed by atoms with E-state index in [0.29, 0.717) is 5.69 Å². The molecular weight excluding hydrogens is 276 g/mol. The third-order valence-corrected chi connectivity index (χ3v) is 3.18. The smallest absolute Gasteiger partial charge is 0.247 e. The summed E-state index contributed by atoms with van der Waals surface area (Å²) in [5.41, 5.74) is 3.52. The number of aromatic nitrogens is 3. The van der Waals surface area contributed by atoms with E-state index in [1.165, 1.54) is 6.08 Å². The van der Waals surface area contributed by atoms with Crippen molar-refractivity contribution in [3.8, 4) is 16.9 Å². The number of anilines is 1. The molecule has 5 heteroatoms. The molecule has 1 heterocycles. The van der Waals surface area contributed by atoms with Gasteiger partial charge in [0.25, 0.3) is 0 Å². The third-order valence-electron chi connectivity index (χ3n) is 3.18. The average Bonchev–Trinajstić information content (AvgIpc) is 3.06. The minimum Gasteiger partial charge on any atom is -0.323 e. The number of hydrogen-bond donors (Lipinski definition) is 1. The molecule has 3 rings (SSSR count). The molecule has 0 aliphatic carbocycles. The van der Waals surface area contributed by atoms with Crippen molar-refractivity contribution in [2.24, 2.45) is 0 Å². The molecule has 1 N–H and O–H groups in total. The van der Waals surface area contributed by atoms with Crippen LogP contribution in [-0.2, 0) is 4.79 Å². The van der Waals surface area contributed by atoms with E-state index in [2.05, 4.69) is 22.2 Å². The van der Waals surface area contributed by atoms with E-state index in [0.717, 1.165) is 16.9 Å². The average molecular weight is 290 g/mol. The maximum Gasteiger partial charge on any atom is 0.247 e. The van der Waals surface area contributed by atoms with E-state index in [9.17, 15) is 4.79 Å². The summed E-state index contributed by atoms with van der Waals surface area (Å²) in [4.78, 5) is 11.3. The van der Waals surface area contributed by atoms with Crippen molar-refractivity contribution in [3.63, 3.8) is 0 Å². The molecule has 0 spiro atoms. The summed E-state index contributed by atoms with van der Waals surface area (Å²) in [7, 11) is 0. The van der Waals surface area contributed by atoms with Crippen LogP contribution in [0.3, 0.4) is 0 Å². The lowest BCUT2D eigenvalue weighted by atomic mass is 10.1. The minimum absolute atomic E-state index is 0.238. The van der Waals surface area contributed by atoms with Crippen molar-refractivity contribution < 1.29 is 4.79 Å². The Morgan fingerprint density at radius 1 is 1.09 bits per heavy atom. The zero-order valence-corrected chi connectivity index (χ0v) is 11.8. The number of hydrogen-bond acceptors (Lipinski definition) is 3. The Balaban J connectivity index is 1.91. The van der Waals surface area contributed by atoms with Gasteiger partial charge in [-0.3, -0.25) is 4.79 Å². The maximum atomic E-state index is 11.3. The van der Waals surface area contributed by atoms with Crippen LogP contribution >= 0.6 is 0 Å². The Hall–Kier alpha value is -3.21. The van der Waals surface area contributed by atoms with Gasteiger partial charge in [-0.15, -0.1) is 5.10 Å². The molecule has 22 heavy (non-hydrogen) atoms. The van der Waals surface area contributed by atoms with Gasteiger partial charge in [-0.05, 0) is 30.3 Å². The summed E-state index contributed by atoms with van der Waals surface area (Å²) in [5, 5.41) is 10.8. The molecular formula is C17H14N4O. The summed E-state index contributed by atoms with van der Waals surface area (Å²) in [5.74, 6) is -0.238. The van der Waals surface area contributed by atoms with Gasteiger partial charge in [0.05, 0.1) is 17.6 Å². The lowest BCUT2D eigenvalue weighted by molar-refractivity contribution is -0.111. The predicted molar refractivity (Wildman–Crippen MR) is 85.6 cm³/mol. The van der Waals surface area contributed by atoms with Crippen molar-refractivity contribution >= 4 is 11.6 Å². The summed E-state index contributed by atoms with van der Waals surface area (Å²) < 4.78 is 1.76. The van der Waals surface area contributed by atoms with E-state index in [1.54, 1.807) is 10.9 Å². The Labute approximate surface area is 127 Å². The van der Waals surface area contributed by atoms with Crippen molar-refractivity contribution in [2.75, 3.05) is 5.32 Å². The fourth-order valence-electron chi connectivity index (χ4n) is 2.11. The van der Waals surface area contributed by atoms with Gasteiger partial charge in [-0.2, -0.15) is 0 Å². The molecule has 108 valence electrons. The van der Waals surface area contributed by atoms with E-state index in [4.69, 9.17) is 0 Å². The Kier molecular flexibility index (Phi) is 3.78. The van der Waals surface area contributed by atoms with Gasteiger partial charge >= 0.3 is 0 Å². The van der Waals surface area contributed by atoms with Gasteiger partial charge in [-0.25, -0.2) is 4.68 Å². The first-order chi connectivity index (χ1) is 10.8. The van der Waals surface area contributed by atoms with Crippen LogP contribution in [0.1, 0.15) is 0 Å². The third kappa shape index (κ3) is 2.78. The van der Waals surface area contributed by atoms with Gasteiger partial charge in [-0.1, -0.05) is 42.1 Å². The highest BCUT2D eigenvalue weighted by molar-refractivity contribution is 5.98. The minimum atomic E-state index is -0.238. The van der Waals surface area contributed by atoms with Crippen molar-refractivity contribution in [2.45, 2.75) is 0 Å². The second kappa shape index (κ2) is 6.05. The fourth-order valence-corrected chi connectivity index (χ4v) is 2.11. The molecule has 2 aromatic carbocycles. The second-order valence-corrected chi connectivity index (χ2v) is 4.64. The molecule has 0 fully saturated rings. The molecule has 1 aromatic heterocycles. The first-order valence-electron chi connectivity index (χ1n) is 6.78. The summed E-state index contributed by atoms with van der Waals surface area (Å²) in [6.07, 6.45) is 2.96. The van der Waals surface area contributed by atoms with Crippen LogP contribution in [0, 0.1) is 0 Å². The number of nitrogens with zero attached hydrogens (tertiary/aromatic N) is 3. The van der Waals surface area contributed by atoms with Gasteiger partial charge in [0.2, 0.25) is 5.91 Å². The predicted octanol–water partition coefficient (Wildman–Crippen LogP) is 3.06. The van der Waals surface area contributed by atoms with E-state index in [1.807, 2.05) is 54.6 Å². The topological polar surface area (TPSA) is 59.8 Å². The zero-order valence-electron chi connectivity index (χ0n) is 11.8. The van der Waals surface area contributed by atoms with Crippen LogP contribution in [0.25, 0.3) is 16.9 Å². The second-order valence-electron chi connectivity index (χ2n) is 4.64. The molecule has 0 saturated heterocycles. The molecule has 3 aromatic rings. The maximum absolute atomic E-state index is 11.3. The number of benzene rings is 2. The Bertz CT molecular complexity index is 791. The molecule has 0 aliphatic heterocycles. The summed E-state index contributed by atoms with van der Waals surface area (Å²) in [6.45, 7) is 3.43. The highest BCUT2D eigenvalue weighted by Crippen LogP contribution is 2.21. The molecule has 0 bridgehead atoms. The number of carbonyl (C=O) groups is 1. The molecule has 0 aliphatic rings. The van der Waals surface area contributed by atoms with Crippen LogP contribution < -0.4 is 5.32 Å². The molecule has 5 nitrogen and oxygen atoms in total. The van der Waals surface area contributed by atoms with Gasteiger partial charge in [0.15, 0.2) is 0 Å². The molecule has 0 atom stereocenters. The molecule has 0 unspecified atom stereocenters. The summed E-state index contributed by atoms with van der Waals surface area (Å²) in [6, 6.07) is 17.3. The highest BCUT2D eigenvalue weighted by atomic mass is 16.1. The first kappa shape index (κ1) is 13.8. The van der Waals surface area contributed by atoms with Crippen LogP contribution in [0.15, 0.2) is 73.4 Å². The Morgan fingerprint density at radius 2 is 1.82 bits per heavy atom. The SMILES string of the molecule is C=CC(=O)Nc1ccc(-n2nncc2-c2ccccc2)cc1. The van der Waals surface area contributed by atoms with Crippen LogP contribution in [0.2, 0.25) is 0 Å². The van der Waals surface area contributed by atoms with Gasteiger partial charge < -0.3 is 5.32 Å². The monoisotopic (exact) mass is 290 g/mol. The lowest BCUT2D eigenvalue weighted by Gasteiger charge is -2.08. The Morgan fingerprint density at radius 3 is 2.50 bits per heavy atom. The highest BCUT2D eigenvalue weighted by Gasteiger charge is 2.08. The van der Waals surface area contributed by atoms with Crippen molar-refractivity contribution in [1.82, 2.24) is 15.0 Å². The largest absolute Gasteiger partial charge is 0.323 e. The molecule has 0 radical (unpaired) electrons. The number of carbonyl (C=O) groups excluding carboxylic acids is 1. The normalized spacial score (nSPS) is 10.2. The van der Waals surface area contributed by atoms with Gasteiger partial charge in [0.1, 0.15) is 0 Å². The zero-order chi connectivity index (χ0) is 15.4. The van der Waals surface area contributed by atoms with Crippen molar-refractivity contribution in [3.05, 3.63) is 73.4 Å². The number of rotatable bonds is 4. The van der Waals surface area contributed by atoms with Gasteiger partial charge in [0, 0.05) is 11.3 Å². The standard InChI is InChI=1S/C17H14N4O/c1-2-17(22)19-14-8-10-15(11-9-14)21-16(12-18-20-21)13-6-4-3-5-7-13/h2-12H,1H2,(H,19,22). The molecule has 0 saturated carbocycles. The summed E-state index contributed by atoms with van der Waals surface area (Å²) >= 11 is 0.